The zero-order valence-electron chi connectivity index (χ0n) is 8.14. The van der Waals surface area contributed by atoms with Gasteiger partial charge >= 0.3 is 0 Å². The number of carbonyl (C=O) groups is 2. The molecule has 0 N–H and O–H groups in total. The molecule has 0 aromatic heterocycles. The second kappa shape index (κ2) is 4.45. The van der Waals surface area contributed by atoms with Crippen LogP contribution in [0.4, 0.5) is 0 Å². The third-order valence-electron chi connectivity index (χ3n) is 2.85. The molecule has 0 spiro atoms. The Balaban J connectivity index is 2.95. The van der Waals surface area contributed by atoms with Gasteiger partial charge in [-0.15, -0.1) is 0 Å². The van der Waals surface area contributed by atoms with E-state index in [4.69, 9.17) is 23.2 Å². The van der Waals surface area contributed by atoms with Crippen molar-refractivity contribution in [1.29, 1.82) is 0 Å². The van der Waals surface area contributed by atoms with Crippen molar-refractivity contribution < 1.29 is 9.59 Å². The number of allylic oxidation sites excluding steroid dienone is 2. The zero-order chi connectivity index (χ0) is 10.9. The maximum absolute atomic E-state index is 11.1. The van der Waals surface area contributed by atoms with Gasteiger partial charge in [0, 0.05) is 11.8 Å². The van der Waals surface area contributed by atoms with Crippen LogP contribution in [0.2, 0.25) is 0 Å². The van der Waals surface area contributed by atoms with E-state index in [9.17, 15) is 9.59 Å². The van der Waals surface area contributed by atoms with Crippen molar-refractivity contribution in [2.45, 2.75) is 26.7 Å². The van der Waals surface area contributed by atoms with Gasteiger partial charge in [-0.3, -0.25) is 9.59 Å². The summed E-state index contributed by atoms with van der Waals surface area (Å²) >= 11 is 10.9. The molecule has 0 fully saturated rings. The van der Waals surface area contributed by atoms with E-state index in [2.05, 4.69) is 0 Å². The smallest absolute Gasteiger partial charge is 0.225 e. The molecule has 0 aliphatic heterocycles. The lowest BCUT2D eigenvalue weighted by Gasteiger charge is -2.27. The van der Waals surface area contributed by atoms with Gasteiger partial charge in [0.2, 0.25) is 10.5 Å². The molecule has 0 aromatic carbocycles. The average Bonchev–Trinajstić information content (AvgIpc) is 2.08. The Morgan fingerprint density at radius 3 is 1.50 bits per heavy atom. The van der Waals surface area contributed by atoms with Gasteiger partial charge in [0.1, 0.15) is 0 Å². The van der Waals surface area contributed by atoms with Gasteiger partial charge in [-0.25, -0.2) is 0 Å². The highest BCUT2D eigenvalue weighted by atomic mass is 35.5. The van der Waals surface area contributed by atoms with Gasteiger partial charge in [0.05, 0.1) is 0 Å². The molecule has 78 valence electrons. The number of halogens is 2. The quantitative estimate of drug-likeness (QED) is 0.544. The van der Waals surface area contributed by atoms with Crippen molar-refractivity contribution in [1.82, 2.24) is 0 Å². The minimum atomic E-state index is -0.462. The van der Waals surface area contributed by atoms with Crippen molar-refractivity contribution >= 4 is 33.7 Å². The van der Waals surface area contributed by atoms with Gasteiger partial charge in [0.15, 0.2) is 0 Å². The Labute approximate surface area is 93.3 Å². The van der Waals surface area contributed by atoms with E-state index < -0.39 is 22.3 Å². The molecule has 0 bridgehead atoms. The minimum Gasteiger partial charge on any atom is -0.281 e. The lowest BCUT2D eigenvalue weighted by Crippen LogP contribution is -2.29. The molecular weight excluding hydrogens is 223 g/mol. The molecule has 0 heterocycles. The van der Waals surface area contributed by atoms with E-state index in [-0.39, 0.29) is 0 Å². The largest absolute Gasteiger partial charge is 0.281 e. The fourth-order valence-electron chi connectivity index (χ4n) is 1.77. The predicted molar refractivity (Wildman–Crippen MR) is 56.3 cm³/mol. The van der Waals surface area contributed by atoms with Gasteiger partial charge in [-0.1, -0.05) is 11.1 Å². The summed E-state index contributed by atoms with van der Waals surface area (Å²) in [5.41, 5.74) is 2.27. The molecule has 2 atom stereocenters. The fraction of sp³-hybridized carbons (Fsp3) is 0.600. The molecule has 0 saturated heterocycles. The van der Waals surface area contributed by atoms with Crippen molar-refractivity contribution in [3.05, 3.63) is 11.1 Å². The van der Waals surface area contributed by atoms with Crippen molar-refractivity contribution in [3.63, 3.8) is 0 Å². The third kappa shape index (κ3) is 2.37. The van der Waals surface area contributed by atoms with Crippen molar-refractivity contribution in [2.75, 3.05) is 0 Å². The Hall–Kier alpha value is -0.340. The molecule has 1 aliphatic carbocycles. The van der Waals surface area contributed by atoms with Crippen LogP contribution in [0.25, 0.3) is 0 Å². The third-order valence-corrected chi connectivity index (χ3v) is 3.41. The molecule has 2 nitrogen and oxygen atoms in total. The number of rotatable bonds is 2. The van der Waals surface area contributed by atoms with E-state index in [0.717, 1.165) is 11.1 Å². The second-order valence-corrected chi connectivity index (χ2v) is 4.54. The maximum Gasteiger partial charge on any atom is 0.225 e. The molecule has 0 unspecified atom stereocenters. The average molecular weight is 235 g/mol. The number of hydrogen-bond acceptors (Lipinski definition) is 2. The summed E-state index contributed by atoms with van der Waals surface area (Å²) in [6, 6.07) is 0. The summed E-state index contributed by atoms with van der Waals surface area (Å²) in [7, 11) is 0. The monoisotopic (exact) mass is 234 g/mol. The molecule has 4 heteroatoms. The summed E-state index contributed by atoms with van der Waals surface area (Å²) in [4.78, 5) is 22.2. The first-order valence-corrected chi connectivity index (χ1v) is 5.23. The molecule has 14 heavy (non-hydrogen) atoms. The molecular formula is C10H12Cl2O2. The van der Waals surface area contributed by atoms with Crippen LogP contribution in [0.3, 0.4) is 0 Å². The highest BCUT2D eigenvalue weighted by molar-refractivity contribution is 6.66. The first kappa shape index (κ1) is 11.7. The predicted octanol–water partition coefficient (Wildman–Crippen LogP) is 2.88. The SMILES string of the molecule is CC1=C(C)C[C@@H](C(=O)Cl)[C@H](C(=O)Cl)C1. The van der Waals surface area contributed by atoms with Crippen LogP contribution >= 0.6 is 23.2 Å². The van der Waals surface area contributed by atoms with Crippen molar-refractivity contribution in [3.8, 4) is 0 Å². The summed E-state index contributed by atoms with van der Waals surface area (Å²) in [5, 5.41) is -0.924. The van der Waals surface area contributed by atoms with Crippen LogP contribution in [-0.4, -0.2) is 10.5 Å². The van der Waals surface area contributed by atoms with E-state index in [1.807, 2.05) is 13.8 Å². The van der Waals surface area contributed by atoms with Gasteiger partial charge in [-0.05, 0) is 49.9 Å². The summed E-state index contributed by atoms with van der Waals surface area (Å²) in [6.07, 6.45) is 1.11. The lowest BCUT2D eigenvalue weighted by atomic mass is 9.78. The first-order valence-electron chi connectivity index (χ1n) is 4.47. The Morgan fingerprint density at radius 1 is 1.00 bits per heavy atom. The molecule has 0 radical (unpaired) electrons. The summed E-state index contributed by atoms with van der Waals surface area (Å²) in [5.74, 6) is -0.879. The Morgan fingerprint density at radius 2 is 1.29 bits per heavy atom. The van der Waals surface area contributed by atoms with Crippen LogP contribution in [0.15, 0.2) is 11.1 Å². The van der Waals surface area contributed by atoms with Gasteiger partial charge < -0.3 is 0 Å². The Kier molecular flexibility index (Phi) is 3.73. The van der Waals surface area contributed by atoms with Gasteiger partial charge in [-0.2, -0.15) is 0 Å². The first-order chi connectivity index (χ1) is 6.43. The summed E-state index contributed by atoms with van der Waals surface area (Å²) < 4.78 is 0. The molecule has 1 aliphatic rings. The topological polar surface area (TPSA) is 34.1 Å². The summed E-state index contributed by atoms with van der Waals surface area (Å²) in [6.45, 7) is 3.91. The van der Waals surface area contributed by atoms with E-state index in [1.165, 1.54) is 0 Å². The zero-order valence-corrected chi connectivity index (χ0v) is 9.65. The van der Waals surface area contributed by atoms with E-state index in [0.29, 0.717) is 12.8 Å². The van der Waals surface area contributed by atoms with Crippen LogP contribution in [-0.2, 0) is 9.59 Å². The van der Waals surface area contributed by atoms with Crippen LogP contribution < -0.4 is 0 Å². The highest BCUT2D eigenvalue weighted by Gasteiger charge is 2.35. The maximum atomic E-state index is 11.1. The van der Waals surface area contributed by atoms with Crippen molar-refractivity contribution in [2.24, 2.45) is 11.8 Å². The van der Waals surface area contributed by atoms with Crippen LogP contribution in [0, 0.1) is 11.8 Å². The number of carbonyl (C=O) groups excluding carboxylic acids is 2. The van der Waals surface area contributed by atoms with Crippen LogP contribution in [0.5, 0.6) is 0 Å². The van der Waals surface area contributed by atoms with Gasteiger partial charge in [0.25, 0.3) is 0 Å². The molecule has 0 amide bonds. The Bertz CT molecular complexity index is 277. The number of hydrogen-bond donors (Lipinski definition) is 0. The molecule has 1 rings (SSSR count). The van der Waals surface area contributed by atoms with E-state index >= 15 is 0 Å². The fourth-order valence-corrected chi connectivity index (χ4v) is 2.23. The molecule has 0 aromatic rings. The second-order valence-electron chi connectivity index (χ2n) is 3.79. The lowest BCUT2D eigenvalue weighted by molar-refractivity contribution is -0.124. The minimum absolute atomic E-state index is 0.439. The normalized spacial score (nSPS) is 27.7. The molecule has 0 saturated carbocycles. The van der Waals surface area contributed by atoms with E-state index in [1.54, 1.807) is 0 Å². The van der Waals surface area contributed by atoms with Crippen LogP contribution in [0.1, 0.15) is 26.7 Å². The standard InChI is InChI=1S/C10H12Cl2O2/c1-5-3-7(9(11)13)8(10(12)14)4-6(5)2/h7-8H,3-4H2,1-2H3/t7-,8-/m1/s1. The highest BCUT2D eigenvalue weighted by Crippen LogP contribution is 2.36.